The first-order valence-electron chi connectivity index (χ1n) is 5.17. The Kier molecular flexibility index (Phi) is 4.43. The second-order valence-corrected chi connectivity index (χ2v) is 3.83. The fourth-order valence-corrected chi connectivity index (χ4v) is 1.48. The molecule has 0 aromatic carbocycles. The number of amidine groups is 1. The van der Waals surface area contributed by atoms with Gasteiger partial charge in [0.15, 0.2) is 0 Å². The van der Waals surface area contributed by atoms with Crippen LogP contribution in [-0.2, 0) is 4.79 Å². The largest absolute Gasteiger partial charge is 0.481 e. The van der Waals surface area contributed by atoms with Crippen molar-refractivity contribution in [1.82, 2.24) is 5.32 Å². The molecule has 0 aromatic rings. The number of aliphatic carboxylic acids is 1. The summed E-state index contributed by atoms with van der Waals surface area (Å²) >= 11 is 0. The lowest BCUT2D eigenvalue weighted by Crippen LogP contribution is -2.26. The van der Waals surface area contributed by atoms with Gasteiger partial charge in [-0.15, -0.1) is 0 Å². The molecule has 2 N–H and O–H groups in total. The second kappa shape index (κ2) is 5.62. The minimum absolute atomic E-state index is 0.161. The lowest BCUT2D eigenvalue weighted by Gasteiger charge is -2.07. The van der Waals surface area contributed by atoms with Crippen LogP contribution in [0.25, 0.3) is 0 Å². The van der Waals surface area contributed by atoms with Gasteiger partial charge in [0.2, 0.25) is 0 Å². The molecule has 1 aliphatic heterocycles. The maximum atomic E-state index is 10.3. The van der Waals surface area contributed by atoms with E-state index < -0.39 is 5.97 Å². The van der Waals surface area contributed by atoms with Crippen molar-refractivity contribution in [1.29, 1.82) is 0 Å². The van der Waals surface area contributed by atoms with Crippen molar-refractivity contribution in [3.8, 4) is 0 Å². The van der Waals surface area contributed by atoms with Gasteiger partial charge >= 0.3 is 5.97 Å². The van der Waals surface area contributed by atoms with Gasteiger partial charge in [-0.25, -0.2) is 0 Å². The molecule has 14 heavy (non-hydrogen) atoms. The van der Waals surface area contributed by atoms with Crippen LogP contribution < -0.4 is 5.32 Å². The summed E-state index contributed by atoms with van der Waals surface area (Å²) in [5.41, 5.74) is 0. The van der Waals surface area contributed by atoms with Crippen LogP contribution >= 0.6 is 0 Å². The number of nitrogens with one attached hydrogen (secondary N) is 1. The molecule has 0 fully saturated rings. The molecule has 4 heteroatoms. The van der Waals surface area contributed by atoms with Gasteiger partial charge in [0.05, 0.1) is 12.3 Å². The van der Waals surface area contributed by atoms with E-state index in [2.05, 4.69) is 17.2 Å². The van der Waals surface area contributed by atoms with E-state index in [1.165, 1.54) is 0 Å². The van der Waals surface area contributed by atoms with Crippen LogP contribution in [0.5, 0.6) is 0 Å². The number of rotatable bonds is 3. The number of carboxylic acid groups (broad SMARTS) is 1. The first kappa shape index (κ1) is 11.0. The maximum Gasteiger partial charge on any atom is 0.305 e. The standard InChI is InChI=1S/C10H18N2O2/c1-8-2-3-9(11-6-4-8)12-7-5-10(13)14/h8H,2-7H2,1H3,(H,11,12)(H,13,14). The molecular formula is C10H18N2O2. The molecule has 4 nitrogen and oxygen atoms in total. The monoisotopic (exact) mass is 198 g/mol. The summed E-state index contributed by atoms with van der Waals surface area (Å²) in [4.78, 5) is 14.7. The molecule has 0 aliphatic carbocycles. The van der Waals surface area contributed by atoms with Gasteiger partial charge in [-0.05, 0) is 18.8 Å². The summed E-state index contributed by atoms with van der Waals surface area (Å²) in [6.07, 6.45) is 3.42. The predicted octanol–water partition coefficient (Wildman–Crippen LogP) is 1.27. The topological polar surface area (TPSA) is 61.7 Å². The minimum Gasteiger partial charge on any atom is -0.481 e. The van der Waals surface area contributed by atoms with Crippen LogP contribution in [0.2, 0.25) is 0 Å². The van der Waals surface area contributed by atoms with E-state index in [9.17, 15) is 4.79 Å². The summed E-state index contributed by atoms with van der Waals surface area (Å²) < 4.78 is 0. The lowest BCUT2D eigenvalue weighted by molar-refractivity contribution is -0.136. The number of carbonyl (C=O) groups is 1. The Bertz CT molecular complexity index is 226. The molecule has 0 aromatic heterocycles. The number of hydrogen-bond acceptors (Lipinski definition) is 3. The molecule has 80 valence electrons. The third-order valence-corrected chi connectivity index (χ3v) is 2.47. The normalized spacial score (nSPS) is 22.4. The van der Waals surface area contributed by atoms with E-state index >= 15 is 0 Å². The molecule has 0 saturated carbocycles. The highest BCUT2D eigenvalue weighted by Gasteiger charge is 2.09. The number of carboxylic acids is 1. The van der Waals surface area contributed by atoms with E-state index in [0.717, 1.165) is 37.6 Å². The molecule has 1 rings (SSSR count). The van der Waals surface area contributed by atoms with E-state index in [-0.39, 0.29) is 6.42 Å². The second-order valence-electron chi connectivity index (χ2n) is 3.83. The highest BCUT2D eigenvalue weighted by molar-refractivity contribution is 5.82. The zero-order chi connectivity index (χ0) is 10.4. The van der Waals surface area contributed by atoms with Crippen molar-refractivity contribution >= 4 is 11.8 Å². The Morgan fingerprint density at radius 1 is 1.64 bits per heavy atom. The van der Waals surface area contributed by atoms with Crippen LogP contribution in [0.1, 0.15) is 32.6 Å². The highest BCUT2D eigenvalue weighted by Crippen LogP contribution is 2.13. The molecule has 0 radical (unpaired) electrons. The number of nitrogens with zero attached hydrogens (tertiary/aromatic N) is 1. The van der Waals surface area contributed by atoms with Gasteiger partial charge in [-0.2, -0.15) is 0 Å². The van der Waals surface area contributed by atoms with E-state index in [1.807, 2.05) is 0 Å². The quantitative estimate of drug-likeness (QED) is 0.718. The Morgan fingerprint density at radius 2 is 2.43 bits per heavy atom. The summed E-state index contributed by atoms with van der Waals surface area (Å²) in [6.45, 7) is 3.59. The molecular weight excluding hydrogens is 180 g/mol. The number of hydrogen-bond donors (Lipinski definition) is 2. The highest BCUT2D eigenvalue weighted by atomic mass is 16.4. The molecule has 1 aliphatic rings. The fraction of sp³-hybridized carbons (Fsp3) is 0.800. The van der Waals surface area contributed by atoms with Crippen LogP contribution in [0, 0.1) is 5.92 Å². The molecule has 0 amide bonds. The molecule has 1 unspecified atom stereocenters. The van der Waals surface area contributed by atoms with Gasteiger partial charge in [0, 0.05) is 19.5 Å². The van der Waals surface area contributed by atoms with Gasteiger partial charge in [0.25, 0.3) is 0 Å². The minimum atomic E-state index is -0.764. The zero-order valence-corrected chi connectivity index (χ0v) is 8.62. The van der Waals surface area contributed by atoms with Crippen molar-refractivity contribution in [2.45, 2.75) is 32.6 Å². The molecule has 0 spiro atoms. The predicted molar refractivity (Wildman–Crippen MR) is 55.6 cm³/mol. The number of aliphatic imine (C=N–C) groups is 1. The van der Waals surface area contributed by atoms with Gasteiger partial charge < -0.3 is 10.4 Å². The molecule has 0 saturated heterocycles. The van der Waals surface area contributed by atoms with E-state index in [0.29, 0.717) is 6.54 Å². The van der Waals surface area contributed by atoms with Crippen LogP contribution in [0.3, 0.4) is 0 Å². The molecule has 1 heterocycles. The first-order valence-corrected chi connectivity index (χ1v) is 5.17. The SMILES string of the molecule is CC1CCN=C(NCCC(=O)O)CC1. The van der Waals surface area contributed by atoms with Crippen molar-refractivity contribution in [3.63, 3.8) is 0 Å². The zero-order valence-electron chi connectivity index (χ0n) is 8.62. The van der Waals surface area contributed by atoms with Crippen molar-refractivity contribution < 1.29 is 9.90 Å². The third-order valence-electron chi connectivity index (χ3n) is 2.47. The van der Waals surface area contributed by atoms with Gasteiger partial charge in [-0.3, -0.25) is 9.79 Å². The average molecular weight is 198 g/mol. The summed E-state index contributed by atoms with van der Waals surface area (Å²) in [5, 5.41) is 11.5. The Balaban J connectivity index is 2.23. The maximum absolute atomic E-state index is 10.3. The van der Waals surface area contributed by atoms with Crippen molar-refractivity contribution in [2.75, 3.05) is 13.1 Å². The smallest absolute Gasteiger partial charge is 0.305 e. The summed E-state index contributed by atoms with van der Waals surface area (Å²) in [5.74, 6) is 0.952. The Hall–Kier alpha value is -1.06. The Morgan fingerprint density at radius 3 is 3.14 bits per heavy atom. The lowest BCUT2D eigenvalue weighted by atomic mass is 10.0. The summed E-state index contributed by atoms with van der Waals surface area (Å²) in [7, 11) is 0. The fourth-order valence-electron chi connectivity index (χ4n) is 1.48. The molecule has 0 bridgehead atoms. The van der Waals surface area contributed by atoms with E-state index in [1.54, 1.807) is 0 Å². The molecule has 1 atom stereocenters. The summed E-state index contributed by atoms with van der Waals surface area (Å²) in [6, 6.07) is 0. The van der Waals surface area contributed by atoms with Crippen LogP contribution in [0.4, 0.5) is 0 Å². The van der Waals surface area contributed by atoms with E-state index in [4.69, 9.17) is 5.11 Å². The van der Waals surface area contributed by atoms with Gasteiger partial charge in [0.1, 0.15) is 0 Å². The van der Waals surface area contributed by atoms with Crippen LogP contribution in [-0.4, -0.2) is 30.0 Å². The van der Waals surface area contributed by atoms with Gasteiger partial charge in [-0.1, -0.05) is 6.92 Å². The Labute approximate surface area is 84.4 Å². The van der Waals surface area contributed by atoms with Crippen molar-refractivity contribution in [3.05, 3.63) is 0 Å². The van der Waals surface area contributed by atoms with Crippen molar-refractivity contribution in [2.24, 2.45) is 10.9 Å². The van der Waals surface area contributed by atoms with Crippen LogP contribution in [0.15, 0.2) is 4.99 Å². The average Bonchev–Trinajstić information content (AvgIpc) is 2.30. The first-order chi connectivity index (χ1) is 6.68. The third kappa shape index (κ3) is 4.25.